The minimum Gasteiger partial charge on any atom is -0.298 e. The first-order valence-electron chi connectivity index (χ1n) is 5.87. The van der Waals surface area contributed by atoms with Gasteiger partial charge in [0.2, 0.25) is 0 Å². The minimum absolute atomic E-state index is 0.553. The van der Waals surface area contributed by atoms with E-state index in [-0.39, 0.29) is 0 Å². The van der Waals surface area contributed by atoms with E-state index >= 15 is 0 Å². The zero-order chi connectivity index (χ0) is 13.2. The van der Waals surface area contributed by atoms with E-state index in [9.17, 15) is 4.79 Å². The van der Waals surface area contributed by atoms with E-state index in [0.717, 1.165) is 17.5 Å². The van der Waals surface area contributed by atoms with Gasteiger partial charge in [0.15, 0.2) is 6.29 Å². The minimum atomic E-state index is 0.553. The molecule has 5 nitrogen and oxygen atoms in total. The molecule has 0 N–H and O–H groups in total. The highest BCUT2D eigenvalue weighted by atomic mass is 16.1. The number of carbonyl (C=O) groups excluding carboxylic acids is 1. The topological polar surface area (TPSA) is 52.7 Å². The van der Waals surface area contributed by atoms with Crippen molar-refractivity contribution < 1.29 is 4.79 Å². The molecule has 0 saturated carbocycles. The molecule has 0 bridgehead atoms. The first-order chi connectivity index (χ1) is 9.28. The quantitative estimate of drug-likeness (QED) is 0.671. The number of nitrogens with zero attached hydrogens (tertiary/aromatic N) is 4. The molecule has 0 atom stereocenters. The molecule has 0 aliphatic rings. The molecule has 0 aliphatic heterocycles. The van der Waals surface area contributed by atoms with Gasteiger partial charge in [0.05, 0.1) is 17.4 Å². The second-order valence-corrected chi connectivity index (χ2v) is 4.23. The average Bonchev–Trinajstić information content (AvgIpc) is 3.05. The van der Waals surface area contributed by atoms with Crippen molar-refractivity contribution in [1.29, 1.82) is 0 Å². The van der Waals surface area contributed by atoms with Gasteiger partial charge in [-0.05, 0) is 12.1 Å². The van der Waals surface area contributed by atoms with Gasteiger partial charge in [-0.3, -0.25) is 9.48 Å². The van der Waals surface area contributed by atoms with E-state index in [2.05, 4.69) is 10.2 Å². The Morgan fingerprint density at radius 3 is 2.58 bits per heavy atom. The van der Waals surface area contributed by atoms with Crippen LogP contribution in [-0.2, 0) is 7.05 Å². The molecule has 2 heterocycles. The summed E-state index contributed by atoms with van der Waals surface area (Å²) in [5.74, 6) is 0. The Balaban J connectivity index is 2.11. The third-order valence-electron chi connectivity index (χ3n) is 2.87. The van der Waals surface area contributed by atoms with Gasteiger partial charge in [-0.25, -0.2) is 4.68 Å². The number of aromatic nitrogens is 4. The van der Waals surface area contributed by atoms with Crippen molar-refractivity contribution in [3.8, 4) is 16.9 Å². The Labute approximate surface area is 110 Å². The Morgan fingerprint density at radius 1 is 1.16 bits per heavy atom. The van der Waals surface area contributed by atoms with Crippen LogP contribution in [0.5, 0.6) is 0 Å². The fourth-order valence-corrected chi connectivity index (χ4v) is 1.95. The molecule has 1 aromatic carbocycles. The van der Waals surface area contributed by atoms with E-state index in [4.69, 9.17) is 0 Å². The summed E-state index contributed by atoms with van der Waals surface area (Å²) in [7, 11) is 1.83. The normalized spacial score (nSPS) is 10.6. The van der Waals surface area contributed by atoms with Gasteiger partial charge in [-0.1, -0.05) is 18.2 Å². The number of hydrogen-bond donors (Lipinski definition) is 0. The Hall–Kier alpha value is -2.69. The molecule has 0 spiro atoms. The second-order valence-electron chi connectivity index (χ2n) is 4.23. The molecule has 0 saturated heterocycles. The Kier molecular flexibility index (Phi) is 2.72. The smallest absolute Gasteiger partial charge is 0.153 e. The number of benzene rings is 1. The maximum Gasteiger partial charge on any atom is 0.153 e. The van der Waals surface area contributed by atoms with Crippen LogP contribution >= 0.6 is 0 Å². The summed E-state index contributed by atoms with van der Waals surface area (Å²) >= 11 is 0. The molecule has 19 heavy (non-hydrogen) atoms. The van der Waals surface area contributed by atoms with Crippen LogP contribution in [0.3, 0.4) is 0 Å². The van der Waals surface area contributed by atoms with Crippen LogP contribution < -0.4 is 0 Å². The molecule has 94 valence electrons. The zero-order valence-electron chi connectivity index (χ0n) is 10.4. The van der Waals surface area contributed by atoms with E-state index in [1.54, 1.807) is 21.8 Å². The maximum atomic E-state index is 11.2. The number of carbonyl (C=O) groups is 1. The van der Waals surface area contributed by atoms with Gasteiger partial charge < -0.3 is 0 Å². The zero-order valence-corrected chi connectivity index (χ0v) is 10.4. The fraction of sp³-hybridized carbons (Fsp3) is 0.0714. The van der Waals surface area contributed by atoms with Crippen molar-refractivity contribution in [2.45, 2.75) is 0 Å². The number of rotatable bonds is 3. The first-order valence-corrected chi connectivity index (χ1v) is 5.87. The van der Waals surface area contributed by atoms with Crippen molar-refractivity contribution in [1.82, 2.24) is 19.6 Å². The van der Waals surface area contributed by atoms with Gasteiger partial charge >= 0.3 is 0 Å². The number of aryl methyl sites for hydroxylation is 1. The molecule has 0 amide bonds. The summed E-state index contributed by atoms with van der Waals surface area (Å²) in [5.41, 5.74) is 2.95. The summed E-state index contributed by atoms with van der Waals surface area (Å²) in [6.07, 6.45) is 6.08. The standard InChI is InChI=1S/C14H12N4O/c1-17-8-11(7-15-17)14-12(10-19)9-18(16-14)13-5-3-2-4-6-13/h2-10H,1H3. The van der Waals surface area contributed by atoms with Crippen molar-refractivity contribution in [3.05, 3.63) is 54.5 Å². The molecule has 3 aromatic rings. The number of hydrogen-bond acceptors (Lipinski definition) is 3. The Morgan fingerprint density at radius 2 is 1.95 bits per heavy atom. The summed E-state index contributed by atoms with van der Waals surface area (Å²) < 4.78 is 3.39. The highest BCUT2D eigenvalue weighted by Crippen LogP contribution is 2.21. The molecular weight excluding hydrogens is 240 g/mol. The molecule has 0 radical (unpaired) electrons. The average molecular weight is 252 g/mol. The predicted octanol–water partition coefficient (Wildman–Crippen LogP) is 2.09. The van der Waals surface area contributed by atoms with E-state index in [0.29, 0.717) is 11.3 Å². The lowest BCUT2D eigenvalue weighted by Gasteiger charge is -1.98. The monoisotopic (exact) mass is 252 g/mol. The highest BCUT2D eigenvalue weighted by Gasteiger charge is 2.12. The molecule has 3 rings (SSSR count). The number of aldehydes is 1. The molecule has 2 aromatic heterocycles. The highest BCUT2D eigenvalue weighted by molar-refractivity contribution is 5.85. The van der Waals surface area contributed by atoms with Crippen LogP contribution in [0.2, 0.25) is 0 Å². The Bertz CT molecular complexity index is 712. The first kappa shape index (κ1) is 11.4. The van der Waals surface area contributed by atoms with Gasteiger partial charge in [0.25, 0.3) is 0 Å². The molecular formula is C14H12N4O. The van der Waals surface area contributed by atoms with E-state index in [1.807, 2.05) is 43.6 Å². The van der Waals surface area contributed by atoms with E-state index < -0.39 is 0 Å². The van der Waals surface area contributed by atoms with Crippen LogP contribution in [0.1, 0.15) is 10.4 Å². The van der Waals surface area contributed by atoms with Crippen LogP contribution in [0.25, 0.3) is 16.9 Å². The van der Waals surface area contributed by atoms with E-state index in [1.165, 1.54) is 0 Å². The van der Waals surface area contributed by atoms with Crippen molar-refractivity contribution in [2.24, 2.45) is 7.05 Å². The summed E-state index contributed by atoms with van der Waals surface area (Å²) in [6, 6.07) is 9.68. The third kappa shape index (κ3) is 2.06. The summed E-state index contributed by atoms with van der Waals surface area (Å²) in [6.45, 7) is 0. The summed E-state index contributed by atoms with van der Waals surface area (Å²) in [4.78, 5) is 11.2. The molecule has 0 aliphatic carbocycles. The SMILES string of the molecule is Cn1cc(-c2nn(-c3ccccc3)cc2C=O)cn1. The van der Waals surface area contributed by atoms with Gasteiger partial charge in [0.1, 0.15) is 5.69 Å². The van der Waals surface area contributed by atoms with Gasteiger partial charge in [-0.15, -0.1) is 0 Å². The third-order valence-corrected chi connectivity index (χ3v) is 2.87. The molecule has 0 fully saturated rings. The van der Waals surface area contributed by atoms with Crippen LogP contribution in [0.15, 0.2) is 48.9 Å². The van der Waals surface area contributed by atoms with Gasteiger partial charge in [0, 0.05) is 25.0 Å². The van der Waals surface area contributed by atoms with Crippen molar-refractivity contribution in [2.75, 3.05) is 0 Å². The maximum absolute atomic E-state index is 11.2. The van der Waals surface area contributed by atoms with Crippen LogP contribution in [0, 0.1) is 0 Å². The lowest BCUT2D eigenvalue weighted by Crippen LogP contribution is -1.93. The van der Waals surface area contributed by atoms with Crippen LogP contribution in [0.4, 0.5) is 0 Å². The number of para-hydroxylation sites is 1. The fourth-order valence-electron chi connectivity index (χ4n) is 1.95. The van der Waals surface area contributed by atoms with Crippen molar-refractivity contribution >= 4 is 6.29 Å². The second kappa shape index (κ2) is 4.53. The predicted molar refractivity (Wildman–Crippen MR) is 71.2 cm³/mol. The summed E-state index contributed by atoms with van der Waals surface area (Å²) in [5, 5.41) is 8.57. The molecule has 5 heteroatoms. The van der Waals surface area contributed by atoms with Crippen LogP contribution in [-0.4, -0.2) is 25.8 Å². The lowest BCUT2D eigenvalue weighted by molar-refractivity contribution is 0.112. The van der Waals surface area contributed by atoms with Gasteiger partial charge in [-0.2, -0.15) is 10.2 Å². The largest absolute Gasteiger partial charge is 0.298 e. The molecule has 0 unspecified atom stereocenters. The van der Waals surface area contributed by atoms with Crippen molar-refractivity contribution in [3.63, 3.8) is 0 Å². The lowest BCUT2D eigenvalue weighted by atomic mass is 10.2.